The molecule has 0 aliphatic heterocycles. The molecule has 1 heterocycles. The molecule has 1 aliphatic carbocycles. The molecule has 1 aromatic heterocycles. The molecule has 1 N–H and O–H groups in total. The highest BCUT2D eigenvalue weighted by atomic mass is 28.4. The van der Waals surface area contributed by atoms with Gasteiger partial charge in [0.05, 0.1) is 18.2 Å². The van der Waals surface area contributed by atoms with Crippen molar-refractivity contribution in [3.8, 4) is 0 Å². The Hall–Kier alpha value is -2.12. The Morgan fingerprint density at radius 2 is 1.65 bits per heavy atom. The van der Waals surface area contributed by atoms with Crippen molar-refractivity contribution >= 4 is 14.3 Å². The summed E-state index contributed by atoms with van der Waals surface area (Å²) in [6, 6.07) is 7.82. The Balaban J connectivity index is 2.15. The Morgan fingerprint density at radius 1 is 1.03 bits per heavy atom. The fourth-order valence-electron chi connectivity index (χ4n) is 6.29. The topological polar surface area (TPSA) is 59.4 Å². The Kier molecular flexibility index (Phi) is 8.29. The zero-order valence-electron chi connectivity index (χ0n) is 21.0. The first kappa shape index (κ1) is 26.5. The van der Waals surface area contributed by atoms with Crippen LogP contribution in [0.2, 0.25) is 16.6 Å². The third-order valence-electron chi connectivity index (χ3n) is 7.63. The summed E-state index contributed by atoms with van der Waals surface area (Å²) in [6.45, 7) is 13.3. The van der Waals surface area contributed by atoms with E-state index < -0.39 is 37.8 Å². The minimum atomic E-state index is -2.27. The van der Waals surface area contributed by atoms with Crippen molar-refractivity contribution in [1.82, 2.24) is 4.98 Å². The number of carboxylic acids is 1. The molecule has 34 heavy (non-hydrogen) atoms. The Labute approximate surface area is 202 Å². The molecule has 0 radical (unpaired) electrons. The minimum Gasteiger partial charge on any atom is -0.481 e. The van der Waals surface area contributed by atoms with Crippen LogP contribution in [0, 0.1) is 11.6 Å². The highest BCUT2D eigenvalue weighted by molar-refractivity contribution is 6.77. The molecule has 2 aromatic rings. The van der Waals surface area contributed by atoms with Crippen LogP contribution in [0.15, 0.2) is 36.5 Å². The third-order valence-corrected chi connectivity index (χ3v) is 13.7. The van der Waals surface area contributed by atoms with Crippen LogP contribution in [0.3, 0.4) is 0 Å². The lowest BCUT2D eigenvalue weighted by molar-refractivity contribution is -0.137. The summed E-state index contributed by atoms with van der Waals surface area (Å²) in [5, 5.41) is 9.73. The maximum Gasteiger partial charge on any atom is 0.303 e. The van der Waals surface area contributed by atoms with Gasteiger partial charge in [0.25, 0.3) is 0 Å². The van der Waals surface area contributed by atoms with Gasteiger partial charge in [-0.2, -0.15) is 0 Å². The Morgan fingerprint density at radius 3 is 2.24 bits per heavy atom. The second-order valence-electron chi connectivity index (χ2n) is 10.4. The summed E-state index contributed by atoms with van der Waals surface area (Å²) < 4.78 is 36.2. The molecule has 4 nitrogen and oxygen atoms in total. The summed E-state index contributed by atoms with van der Waals surface area (Å²) in [5.74, 6) is -3.81. The van der Waals surface area contributed by atoms with E-state index in [0.717, 1.165) is 17.3 Å². The number of aliphatic carboxylic acids is 1. The average molecular weight is 490 g/mol. The molecule has 0 saturated heterocycles. The first-order valence-electron chi connectivity index (χ1n) is 12.3. The molecule has 0 bridgehead atoms. The van der Waals surface area contributed by atoms with Crippen LogP contribution in [0.1, 0.15) is 95.6 Å². The second-order valence-corrected chi connectivity index (χ2v) is 15.8. The second kappa shape index (κ2) is 10.6. The van der Waals surface area contributed by atoms with E-state index in [1.54, 1.807) is 18.3 Å². The molecule has 0 saturated carbocycles. The van der Waals surface area contributed by atoms with E-state index in [4.69, 9.17) is 4.43 Å². The first-order valence-corrected chi connectivity index (χ1v) is 14.4. The smallest absolute Gasteiger partial charge is 0.303 e. The molecule has 0 amide bonds. The van der Waals surface area contributed by atoms with Gasteiger partial charge in [0, 0.05) is 12.1 Å². The lowest BCUT2D eigenvalue weighted by atomic mass is 9.78. The van der Waals surface area contributed by atoms with Crippen molar-refractivity contribution in [3.05, 3.63) is 65.0 Å². The van der Waals surface area contributed by atoms with Gasteiger partial charge in [-0.3, -0.25) is 9.78 Å². The van der Waals surface area contributed by atoms with Gasteiger partial charge >= 0.3 is 5.97 Å². The van der Waals surface area contributed by atoms with Crippen LogP contribution in [-0.4, -0.2) is 24.4 Å². The first-order chi connectivity index (χ1) is 16.0. The van der Waals surface area contributed by atoms with Gasteiger partial charge in [0.15, 0.2) is 11.6 Å². The van der Waals surface area contributed by atoms with Gasteiger partial charge in [-0.05, 0) is 58.6 Å². The van der Waals surface area contributed by atoms with E-state index in [-0.39, 0.29) is 18.1 Å². The van der Waals surface area contributed by atoms with E-state index in [1.165, 1.54) is 6.07 Å². The van der Waals surface area contributed by atoms with Gasteiger partial charge in [-0.25, -0.2) is 8.78 Å². The molecule has 1 aromatic carbocycles. The summed E-state index contributed by atoms with van der Waals surface area (Å²) in [5.41, 5.74) is 2.84. The summed E-state index contributed by atoms with van der Waals surface area (Å²) >= 11 is 0. The SMILES string of the molecule is CC(C)[Si](O[C@@H]1CC[C@H](c2cccc(F)c2F)[C@H](CC(=O)O)c2cccnc21)(C(C)C)C(C)C. The average Bonchev–Trinajstić information content (AvgIpc) is 2.90. The highest BCUT2D eigenvalue weighted by Crippen LogP contribution is 2.51. The number of nitrogens with zero attached hydrogens (tertiary/aromatic N) is 1. The zero-order valence-corrected chi connectivity index (χ0v) is 22.0. The molecular weight excluding hydrogens is 452 g/mol. The van der Waals surface area contributed by atoms with E-state index in [2.05, 4.69) is 46.5 Å². The van der Waals surface area contributed by atoms with Crippen LogP contribution in [0.5, 0.6) is 0 Å². The monoisotopic (exact) mass is 489 g/mol. The molecule has 1 aliphatic rings. The number of carbonyl (C=O) groups is 1. The quantitative estimate of drug-likeness (QED) is 0.304. The molecular formula is C27H37F2NO3Si. The lowest BCUT2D eigenvalue weighted by Gasteiger charge is -2.44. The van der Waals surface area contributed by atoms with Crippen molar-refractivity contribution in [2.45, 2.75) is 95.4 Å². The van der Waals surface area contributed by atoms with E-state index in [1.807, 2.05) is 6.07 Å². The highest BCUT2D eigenvalue weighted by Gasteiger charge is 2.48. The largest absolute Gasteiger partial charge is 0.481 e. The number of hydrogen-bond donors (Lipinski definition) is 1. The number of rotatable bonds is 8. The Bertz CT molecular complexity index is 989. The van der Waals surface area contributed by atoms with Crippen LogP contribution in [0.4, 0.5) is 8.78 Å². The predicted molar refractivity (Wildman–Crippen MR) is 132 cm³/mol. The van der Waals surface area contributed by atoms with Gasteiger partial charge in [0.2, 0.25) is 8.32 Å². The number of halogens is 2. The van der Waals surface area contributed by atoms with Crippen molar-refractivity contribution in [3.63, 3.8) is 0 Å². The van der Waals surface area contributed by atoms with Crippen LogP contribution in [0.25, 0.3) is 0 Å². The minimum absolute atomic E-state index is 0.187. The summed E-state index contributed by atoms with van der Waals surface area (Å²) in [6.07, 6.45) is 2.26. The maximum atomic E-state index is 14.9. The number of hydrogen-bond acceptors (Lipinski definition) is 3. The van der Waals surface area contributed by atoms with E-state index in [9.17, 15) is 18.7 Å². The molecule has 3 rings (SSSR count). The maximum absolute atomic E-state index is 14.9. The van der Waals surface area contributed by atoms with E-state index >= 15 is 0 Å². The van der Waals surface area contributed by atoms with Crippen molar-refractivity contribution < 1.29 is 23.1 Å². The number of fused-ring (bicyclic) bond motifs is 1. The standard InChI is InChI=1S/C27H37F2NO3Si/c1-16(2)34(17(3)4,18(5)6)33-24-13-12-19(20-9-7-11-23(28)26(20)29)22(15-25(31)32)21-10-8-14-30-27(21)24/h7-11,14,16-19,22,24H,12-13,15H2,1-6H3,(H,31,32)/t19-,22+,24-/m1/s1. The van der Waals surface area contributed by atoms with Crippen molar-refractivity contribution in [2.24, 2.45) is 0 Å². The molecule has 0 fully saturated rings. The van der Waals surface area contributed by atoms with Crippen LogP contribution >= 0.6 is 0 Å². The predicted octanol–water partition coefficient (Wildman–Crippen LogP) is 7.73. The summed E-state index contributed by atoms with van der Waals surface area (Å²) in [7, 11) is -2.27. The number of pyridine rings is 1. The fraction of sp³-hybridized carbons (Fsp3) is 0.556. The van der Waals surface area contributed by atoms with Crippen LogP contribution in [-0.2, 0) is 9.22 Å². The third kappa shape index (κ3) is 4.96. The van der Waals surface area contributed by atoms with Gasteiger partial charge < -0.3 is 9.53 Å². The number of benzene rings is 1. The zero-order chi connectivity index (χ0) is 25.2. The van der Waals surface area contributed by atoms with E-state index in [0.29, 0.717) is 29.5 Å². The molecule has 0 unspecified atom stereocenters. The lowest BCUT2D eigenvalue weighted by Crippen LogP contribution is -2.48. The number of carboxylic acid groups (broad SMARTS) is 1. The number of aromatic nitrogens is 1. The van der Waals surface area contributed by atoms with Gasteiger partial charge in [-0.1, -0.05) is 59.7 Å². The van der Waals surface area contributed by atoms with Gasteiger partial charge in [-0.15, -0.1) is 0 Å². The molecule has 0 spiro atoms. The fourth-order valence-corrected chi connectivity index (χ4v) is 11.8. The van der Waals surface area contributed by atoms with Crippen molar-refractivity contribution in [2.75, 3.05) is 0 Å². The molecule has 3 atom stereocenters. The van der Waals surface area contributed by atoms with Crippen molar-refractivity contribution in [1.29, 1.82) is 0 Å². The summed E-state index contributed by atoms with van der Waals surface area (Å²) in [4.78, 5) is 16.6. The molecule has 7 heteroatoms. The normalized spacial score (nSPS) is 21.1. The van der Waals surface area contributed by atoms with Crippen LogP contribution < -0.4 is 0 Å². The molecule has 186 valence electrons. The van der Waals surface area contributed by atoms with Gasteiger partial charge in [0.1, 0.15) is 0 Å².